The number of hydrogen-bond donors (Lipinski definition) is 1. The van der Waals surface area contributed by atoms with E-state index in [4.69, 9.17) is 9.47 Å². The first kappa shape index (κ1) is 14.2. The summed E-state index contributed by atoms with van der Waals surface area (Å²) in [7, 11) is 1.86. The molecule has 0 bridgehead atoms. The SMILES string of the molecule is CN(CC1CCNCC1)C(=O)C1COc2ccccc2O1. The Kier molecular flexibility index (Phi) is 4.29. The minimum atomic E-state index is -0.536. The van der Waals surface area contributed by atoms with Crippen LogP contribution in [0.5, 0.6) is 11.5 Å². The van der Waals surface area contributed by atoms with Crippen molar-refractivity contribution in [3.8, 4) is 11.5 Å². The average Bonchev–Trinajstić information content (AvgIpc) is 2.54. The Morgan fingerprint density at radius 2 is 2.00 bits per heavy atom. The molecule has 0 saturated carbocycles. The largest absolute Gasteiger partial charge is 0.485 e. The molecule has 2 heterocycles. The van der Waals surface area contributed by atoms with E-state index in [-0.39, 0.29) is 12.5 Å². The molecule has 21 heavy (non-hydrogen) atoms. The first-order valence-corrected chi connectivity index (χ1v) is 7.58. The molecular formula is C16H22N2O3. The minimum Gasteiger partial charge on any atom is -0.485 e. The van der Waals surface area contributed by atoms with Crippen LogP contribution in [0.4, 0.5) is 0 Å². The van der Waals surface area contributed by atoms with E-state index in [1.165, 1.54) is 0 Å². The summed E-state index contributed by atoms with van der Waals surface area (Å²) in [5.41, 5.74) is 0. The van der Waals surface area contributed by atoms with E-state index < -0.39 is 6.10 Å². The van der Waals surface area contributed by atoms with Gasteiger partial charge < -0.3 is 19.7 Å². The number of para-hydroxylation sites is 2. The molecule has 5 heteroatoms. The molecule has 1 aromatic carbocycles. The first-order chi connectivity index (χ1) is 10.2. The fourth-order valence-electron chi connectivity index (χ4n) is 2.93. The molecule has 1 saturated heterocycles. The van der Waals surface area contributed by atoms with Gasteiger partial charge in [-0.05, 0) is 44.0 Å². The van der Waals surface area contributed by atoms with Crippen LogP contribution in [0.1, 0.15) is 12.8 Å². The quantitative estimate of drug-likeness (QED) is 0.911. The van der Waals surface area contributed by atoms with Gasteiger partial charge in [0.1, 0.15) is 6.61 Å². The Bertz CT molecular complexity index is 500. The second-order valence-electron chi connectivity index (χ2n) is 5.78. The number of nitrogens with zero attached hydrogens (tertiary/aromatic N) is 1. The third-order valence-corrected chi connectivity index (χ3v) is 4.15. The van der Waals surface area contributed by atoms with Crippen LogP contribution in [0.2, 0.25) is 0 Å². The lowest BCUT2D eigenvalue weighted by atomic mass is 9.97. The fourth-order valence-corrected chi connectivity index (χ4v) is 2.93. The molecule has 0 aromatic heterocycles. The molecule has 5 nitrogen and oxygen atoms in total. The van der Waals surface area contributed by atoms with E-state index in [2.05, 4.69) is 5.32 Å². The minimum absolute atomic E-state index is 0.00281. The van der Waals surface area contributed by atoms with Crippen molar-refractivity contribution in [2.75, 3.05) is 33.3 Å². The van der Waals surface area contributed by atoms with Crippen LogP contribution in [0, 0.1) is 5.92 Å². The first-order valence-electron chi connectivity index (χ1n) is 7.58. The summed E-state index contributed by atoms with van der Waals surface area (Å²) in [6, 6.07) is 7.47. The van der Waals surface area contributed by atoms with Crippen LogP contribution >= 0.6 is 0 Å². The molecule has 0 radical (unpaired) electrons. The van der Waals surface area contributed by atoms with E-state index in [0.717, 1.165) is 32.5 Å². The second kappa shape index (κ2) is 6.35. The van der Waals surface area contributed by atoms with Crippen LogP contribution in [-0.2, 0) is 4.79 Å². The van der Waals surface area contributed by atoms with Crippen molar-refractivity contribution in [2.45, 2.75) is 18.9 Å². The van der Waals surface area contributed by atoms with E-state index in [9.17, 15) is 4.79 Å². The summed E-state index contributed by atoms with van der Waals surface area (Å²) >= 11 is 0. The van der Waals surface area contributed by atoms with Crippen molar-refractivity contribution < 1.29 is 14.3 Å². The number of hydrogen-bond acceptors (Lipinski definition) is 4. The van der Waals surface area contributed by atoms with Crippen molar-refractivity contribution in [3.63, 3.8) is 0 Å². The molecule has 2 aliphatic heterocycles. The Morgan fingerprint density at radius 3 is 2.76 bits per heavy atom. The highest BCUT2D eigenvalue weighted by Gasteiger charge is 2.30. The van der Waals surface area contributed by atoms with Gasteiger partial charge in [-0.25, -0.2) is 0 Å². The number of nitrogens with one attached hydrogen (secondary N) is 1. The number of likely N-dealkylation sites (N-methyl/N-ethyl adjacent to an activating group) is 1. The van der Waals surface area contributed by atoms with Gasteiger partial charge in [0.05, 0.1) is 0 Å². The van der Waals surface area contributed by atoms with Gasteiger partial charge in [0.25, 0.3) is 5.91 Å². The lowest BCUT2D eigenvalue weighted by molar-refractivity contribution is -0.140. The fraction of sp³-hybridized carbons (Fsp3) is 0.562. The maximum absolute atomic E-state index is 12.5. The van der Waals surface area contributed by atoms with Gasteiger partial charge in [-0.1, -0.05) is 12.1 Å². The molecule has 1 amide bonds. The van der Waals surface area contributed by atoms with Gasteiger partial charge in [-0.2, -0.15) is 0 Å². The number of fused-ring (bicyclic) bond motifs is 1. The third-order valence-electron chi connectivity index (χ3n) is 4.15. The van der Waals surface area contributed by atoms with Crippen molar-refractivity contribution >= 4 is 5.91 Å². The van der Waals surface area contributed by atoms with Crippen molar-refractivity contribution in [2.24, 2.45) is 5.92 Å². The standard InChI is InChI=1S/C16H22N2O3/c1-18(10-12-6-8-17-9-7-12)16(19)15-11-20-13-4-2-3-5-14(13)21-15/h2-5,12,15,17H,6-11H2,1H3. The Labute approximate surface area is 125 Å². The lowest BCUT2D eigenvalue weighted by Crippen LogP contribution is -2.47. The predicted molar refractivity (Wildman–Crippen MR) is 79.6 cm³/mol. The summed E-state index contributed by atoms with van der Waals surface area (Å²) in [6.45, 7) is 3.17. The van der Waals surface area contributed by atoms with E-state index in [1.54, 1.807) is 4.90 Å². The number of carbonyl (C=O) groups excluding carboxylic acids is 1. The molecule has 0 spiro atoms. The normalized spacial score (nSPS) is 21.9. The zero-order chi connectivity index (χ0) is 14.7. The van der Waals surface area contributed by atoms with Crippen molar-refractivity contribution in [3.05, 3.63) is 24.3 Å². The maximum Gasteiger partial charge on any atom is 0.267 e. The number of benzene rings is 1. The Balaban J connectivity index is 1.58. The smallest absolute Gasteiger partial charge is 0.267 e. The van der Waals surface area contributed by atoms with Crippen molar-refractivity contribution in [1.82, 2.24) is 10.2 Å². The molecule has 0 aliphatic carbocycles. The summed E-state index contributed by atoms with van der Waals surface area (Å²) in [5.74, 6) is 1.94. The van der Waals surface area contributed by atoms with Crippen LogP contribution in [-0.4, -0.2) is 50.2 Å². The molecule has 1 unspecified atom stereocenters. The van der Waals surface area contributed by atoms with Gasteiger partial charge in [0, 0.05) is 13.6 Å². The summed E-state index contributed by atoms with van der Waals surface area (Å²) in [5, 5.41) is 3.34. The molecule has 114 valence electrons. The topological polar surface area (TPSA) is 50.8 Å². The van der Waals surface area contributed by atoms with Gasteiger partial charge in [0.2, 0.25) is 6.10 Å². The highest BCUT2D eigenvalue weighted by Crippen LogP contribution is 2.31. The van der Waals surface area contributed by atoms with Gasteiger partial charge in [-0.15, -0.1) is 0 Å². The monoisotopic (exact) mass is 290 g/mol. The zero-order valence-corrected chi connectivity index (χ0v) is 12.4. The van der Waals surface area contributed by atoms with Crippen molar-refractivity contribution in [1.29, 1.82) is 0 Å². The van der Waals surface area contributed by atoms with Crippen LogP contribution in [0.25, 0.3) is 0 Å². The van der Waals surface area contributed by atoms with Gasteiger partial charge in [0.15, 0.2) is 11.5 Å². The second-order valence-corrected chi connectivity index (χ2v) is 5.78. The van der Waals surface area contributed by atoms with Crippen LogP contribution in [0.15, 0.2) is 24.3 Å². The van der Waals surface area contributed by atoms with Crippen LogP contribution < -0.4 is 14.8 Å². The highest BCUT2D eigenvalue weighted by atomic mass is 16.6. The number of amides is 1. The average molecular weight is 290 g/mol. The number of piperidine rings is 1. The molecule has 1 fully saturated rings. The number of ether oxygens (including phenoxy) is 2. The molecule has 1 N–H and O–H groups in total. The van der Waals surface area contributed by atoms with Gasteiger partial charge in [-0.3, -0.25) is 4.79 Å². The zero-order valence-electron chi connectivity index (χ0n) is 12.4. The molecular weight excluding hydrogens is 268 g/mol. The number of carbonyl (C=O) groups is 1. The maximum atomic E-state index is 12.5. The summed E-state index contributed by atoms with van der Waals surface area (Å²) in [4.78, 5) is 14.3. The highest BCUT2D eigenvalue weighted by molar-refractivity contribution is 5.81. The molecule has 1 atom stereocenters. The van der Waals surface area contributed by atoms with Crippen LogP contribution in [0.3, 0.4) is 0 Å². The molecule has 1 aromatic rings. The Hall–Kier alpha value is -1.75. The number of rotatable bonds is 3. The third kappa shape index (κ3) is 3.29. The predicted octanol–water partition coefficient (Wildman–Crippen LogP) is 1.28. The summed E-state index contributed by atoms with van der Waals surface area (Å²) in [6.07, 6.45) is 1.72. The summed E-state index contributed by atoms with van der Waals surface area (Å²) < 4.78 is 11.4. The van der Waals surface area contributed by atoms with Gasteiger partial charge >= 0.3 is 0 Å². The van der Waals surface area contributed by atoms with E-state index >= 15 is 0 Å². The Morgan fingerprint density at radius 1 is 1.29 bits per heavy atom. The lowest BCUT2D eigenvalue weighted by Gasteiger charge is -2.31. The van der Waals surface area contributed by atoms with E-state index in [1.807, 2.05) is 31.3 Å². The van der Waals surface area contributed by atoms with E-state index in [0.29, 0.717) is 17.4 Å². The molecule has 3 rings (SSSR count). The molecule has 2 aliphatic rings.